The maximum atomic E-state index is 11.7. The maximum Gasteiger partial charge on any atom is 0.471 e. The number of rotatable bonds is 2. The summed E-state index contributed by atoms with van der Waals surface area (Å²) < 4.78 is 35.1. The molecule has 0 aromatic carbocycles. The van der Waals surface area contributed by atoms with Gasteiger partial charge in [-0.15, -0.1) is 0 Å². The Labute approximate surface area is 73.7 Å². The Hall–Kier alpha value is -0.780. The van der Waals surface area contributed by atoms with E-state index in [1.54, 1.807) is 0 Å². The normalized spacial score (nSPS) is 28.0. The van der Waals surface area contributed by atoms with Crippen LogP contribution in [0.15, 0.2) is 0 Å². The van der Waals surface area contributed by atoms with Crippen LogP contribution in [0.5, 0.6) is 0 Å². The monoisotopic (exact) mass is 196 g/mol. The Kier molecular flexibility index (Phi) is 2.80. The van der Waals surface area contributed by atoms with Crippen molar-refractivity contribution in [1.29, 1.82) is 0 Å². The van der Waals surface area contributed by atoms with Gasteiger partial charge in [0.25, 0.3) is 0 Å². The van der Waals surface area contributed by atoms with Crippen LogP contribution in [-0.4, -0.2) is 31.2 Å². The number of hydrogen-bond acceptors (Lipinski definition) is 2. The minimum Gasteiger partial charge on any atom is -0.348 e. The van der Waals surface area contributed by atoms with Gasteiger partial charge in [0, 0.05) is 25.0 Å². The van der Waals surface area contributed by atoms with E-state index >= 15 is 0 Å². The Balaban J connectivity index is 2.23. The number of amides is 1. The minimum atomic E-state index is -4.76. The fourth-order valence-corrected chi connectivity index (χ4v) is 1.09. The van der Waals surface area contributed by atoms with E-state index in [0.29, 0.717) is 6.54 Å². The summed E-state index contributed by atoms with van der Waals surface area (Å²) in [5.74, 6) is -1.74. The quantitative estimate of drug-likeness (QED) is 0.665. The molecule has 1 fully saturated rings. The van der Waals surface area contributed by atoms with Gasteiger partial charge in [0.05, 0.1) is 0 Å². The lowest BCUT2D eigenvalue weighted by Gasteiger charge is -2.35. The van der Waals surface area contributed by atoms with Gasteiger partial charge < -0.3 is 10.6 Å². The molecule has 76 valence electrons. The van der Waals surface area contributed by atoms with Gasteiger partial charge in [0.2, 0.25) is 0 Å². The van der Waals surface area contributed by atoms with Crippen LogP contribution in [0, 0.1) is 5.92 Å². The summed E-state index contributed by atoms with van der Waals surface area (Å²) in [6, 6.07) is 0.188. The van der Waals surface area contributed by atoms with Crippen LogP contribution in [0.4, 0.5) is 13.2 Å². The molecule has 13 heavy (non-hydrogen) atoms. The van der Waals surface area contributed by atoms with Gasteiger partial charge in [-0.2, -0.15) is 13.2 Å². The standard InChI is InChI=1S/C7H11F3N2O/c1-4-5(2-11-4)3-12-6(13)7(8,9)10/h4-5,11H,2-3H2,1H3,(H,12,13). The highest BCUT2D eigenvalue weighted by Gasteiger charge is 2.39. The largest absolute Gasteiger partial charge is 0.471 e. The average molecular weight is 196 g/mol. The SMILES string of the molecule is CC1NCC1CNC(=O)C(F)(F)F. The van der Waals surface area contributed by atoms with E-state index in [0.717, 1.165) is 0 Å². The van der Waals surface area contributed by atoms with Gasteiger partial charge >= 0.3 is 12.1 Å². The molecular formula is C7H11F3N2O. The van der Waals surface area contributed by atoms with Crippen molar-refractivity contribution in [2.75, 3.05) is 13.1 Å². The Morgan fingerprint density at radius 1 is 1.62 bits per heavy atom. The van der Waals surface area contributed by atoms with Gasteiger partial charge in [-0.1, -0.05) is 0 Å². The van der Waals surface area contributed by atoms with Crippen LogP contribution < -0.4 is 10.6 Å². The minimum absolute atomic E-state index is 0.0898. The summed E-state index contributed by atoms with van der Waals surface area (Å²) in [5, 5.41) is 4.84. The predicted molar refractivity (Wildman–Crippen MR) is 40.0 cm³/mol. The lowest BCUT2D eigenvalue weighted by atomic mass is 9.93. The summed E-state index contributed by atoms with van der Waals surface area (Å²) in [4.78, 5) is 10.4. The molecule has 0 aromatic rings. The Morgan fingerprint density at radius 3 is 2.54 bits per heavy atom. The lowest BCUT2D eigenvalue weighted by molar-refractivity contribution is -0.173. The van der Waals surface area contributed by atoms with Crippen molar-refractivity contribution < 1.29 is 18.0 Å². The van der Waals surface area contributed by atoms with Crippen LogP contribution in [-0.2, 0) is 4.79 Å². The van der Waals surface area contributed by atoms with Crippen molar-refractivity contribution in [2.24, 2.45) is 5.92 Å². The van der Waals surface area contributed by atoms with E-state index in [1.165, 1.54) is 0 Å². The second-order valence-corrected chi connectivity index (χ2v) is 3.16. The number of alkyl halides is 3. The molecule has 2 atom stereocenters. The molecule has 0 radical (unpaired) electrons. The maximum absolute atomic E-state index is 11.7. The van der Waals surface area contributed by atoms with Crippen molar-refractivity contribution in [1.82, 2.24) is 10.6 Å². The molecule has 2 N–H and O–H groups in total. The third-order valence-corrected chi connectivity index (χ3v) is 2.19. The molecular weight excluding hydrogens is 185 g/mol. The molecule has 1 aliphatic rings. The number of nitrogens with one attached hydrogen (secondary N) is 2. The highest BCUT2D eigenvalue weighted by Crippen LogP contribution is 2.15. The van der Waals surface area contributed by atoms with E-state index in [4.69, 9.17) is 0 Å². The van der Waals surface area contributed by atoms with Crippen LogP contribution in [0.25, 0.3) is 0 Å². The number of carbonyl (C=O) groups is 1. The predicted octanol–water partition coefficient (Wildman–Crippen LogP) is 0.273. The molecule has 1 rings (SSSR count). The fraction of sp³-hybridized carbons (Fsp3) is 0.857. The summed E-state index contributed by atoms with van der Waals surface area (Å²) in [6.07, 6.45) is -4.76. The smallest absolute Gasteiger partial charge is 0.348 e. The van der Waals surface area contributed by atoms with Gasteiger partial charge in [0.1, 0.15) is 0 Å². The zero-order chi connectivity index (χ0) is 10.1. The zero-order valence-electron chi connectivity index (χ0n) is 7.11. The van der Waals surface area contributed by atoms with Gasteiger partial charge in [-0.05, 0) is 6.92 Å². The van der Waals surface area contributed by atoms with Gasteiger partial charge in [-0.3, -0.25) is 4.79 Å². The molecule has 6 heteroatoms. The van der Waals surface area contributed by atoms with E-state index in [1.807, 2.05) is 12.2 Å². The molecule has 2 unspecified atom stereocenters. The Bertz CT molecular complexity index is 204. The molecule has 3 nitrogen and oxygen atoms in total. The first kappa shape index (κ1) is 10.3. The molecule has 1 saturated heterocycles. The van der Waals surface area contributed by atoms with Crippen LogP contribution >= 0.6 is 0 Å². The fourth-order valence-electron chi connectivity index (χ4n) is 1.09. The Morgan fingerprint density at radius 2 is 2.23 bits per heavy atom. The number of halogens is 3. The van der Waals surface area contributed by atoms with E-state index in [2.05, 4.69) is 5.32 Å². The van der Waals surface area contributed by atoms with Crippen LogP contribution in [0.1, 0.15) is 6.92 Å². The molecule has 0 saturated carbocycles. The molecule has 1 amide bonds. The van der Waals surface area contributed by atoms with Crippen molar-refractivity contribution >= 4 is 5.91 Å². The van der Waals surface area contributed by atoms with Gasteiger partial charge in [0.15, 0.2) is 0 Å². The third kappa shape index (κ3) is 2.58. The summed E-state index contributed by atoms with van der Waals surface area (Å²) in [6.45, 7) is 2.62. The second-order valence-electron chi connectivity index (χ2n) is 3.16. The van der Waals surface area contributed by atoms with Crippen molar-refractivity contribution in [3.63, 3.8) is 0 Å². The van der Waals surface area contributed by atoms with E-state index in [-0.39, 0.29) is 18.5 Å². The first-order chi connectivity index (χ1) is 5.91. The number of hydrogen-bond donors (Lipinski definition) is 2. The molecule has 0 aliphatic carbocycles. The van der Waals surface area contributed by atoms with Crippen molar-refractivity contribution in [3.8, 4) is 0 Å². The summed E-state index contributed by atoms with van der Waals surface area (Å²) in [7, 11) is 0. The van der Waals surface area contributed by atoms with Crippen molar-refractivity contribution in [2.45, 2.75) is 19.1 Å². The van der Waals surface area contributed by atoms with E-state index < -0.39 is 12.1 Å². The summed E-state index contributed by atoms with van der Waals surface area (Å²) >= 11 is 0. The first-order valence-electron chi connectivity index (χ1n) is 3.99. The average Bonchev–Trinajstić information content (AvgIpc) is 2.00. The van der Waals surface area contributed by atoms with Crippen LogP contribution in [0.3, 0.4) is 0 Å². The first-order valence-corrected chi connectivity index (χ1v) is 3.99. The summed E-state index contributed by atoms with van der Waals surface area (Å²) in [5.41, 5.74) is 0. The topological polar surface area (TPSA) is 41.1 Å². The van der Waals surface area contributed by atoms with Gasteiger partial charge in [-0.25, -0.2) is 0 Å². The molecule has 1 aliphatic heterocycles. The molecule has 0 spiro atoms. The van der Waals surface area contributed by atoms with E-state index in [9.17, 15) is 18.0 Å². The highest BCUT2D eigenvalue weighted by atomic mass is 19.4. The second kappa shape index (κ2) is 3.53. The zero-order valence-corrected chi connectivity index (χ0v) is 7.11. The molecule has 0 aromatic heterocycles. The van der Waals surface area contributed by atoms with Crippen LogP contribution in [0.2, 0.25) is 0 Å². The molecule has 1 heterocycles. The van der Waals surface area contributed by atoms with Crippen molar-refractivity contribution in [3.05, 3.63) is 0 Å². The number of carbonyl (C=O) groups excluding carboxylic acids is 1. The third-order valence-electron chi connectivity index (χ3n) is 2.19. The highest BCUT2D eigenvalue weighted by molar-refractivity contribution is 5.81. The lowest BCUT2D eigenvalue weighted by Crippen LogP contribution is -2.56. The molecule has 0 bridgehead atoms.